The minimum atomic E-state index is 0.708. The van der Waals surface area contributed by atoms with E-state index in [9.17, 15) is 0 Å². The molecule has 0 unspecified atom stereocenters. The van der Waals surface area contributed by atoms with Gasteiger partial charge >= 0.3 is 0 Å². The smallest absolute Gasteiger partial charge is 0.249 e. The highest BCUT2D eigenvalue weighted by atomic mass is 16.5. The Hall–Kier alpha value is -4.77. The van der Waals surface area contributed by atoms with Crippen LogP contribution in [-0.4, -0.2) is 14.5 Å². The number of hydrogen-bond donors (Lipinski definition) is 0. The van der Waals surface area contributed by atoms with Gasteiger partial charge in [-0.05, 0) is 53.6 Å². The zero-order valence-electron chi connectivity index (χ0n) is 19.2. The summed E-state index contributed by atoms with van der Waals surface area (Å²) in [7, 11) is 2.06. The third-order valence-electron chi connectivity index (χ3n) is 5.98. The molecule has 0 aliphatic rings. The van der Waals surface area contributed by atoms with Gasteiger partial charge < -0.3 is 4.74 Å². The van der Waals surface area contributed by atoms with E-state index in [1.54, 1.807) is 12.4 Å². The number of aryl methyl sites for hydroxylation is 1. The molecule has 0 spiro atoms. The Labute approximate surface area is 203 Å². The molecule has 3 aromatic heterocycles. The summed E-state index contributed by atoms with van der Waals surface area (Å²) in [5, 5.41) is 0. The number of rotatable bonds is 5. The van der Waals surface area contributed by atoms with Crippen LogP contribution in [0.5, 0.6) is 11.5 Å². The van der Waals surface area contributed by atoms with Crippen molar-refractivity contribution >= 4 is 11.0 Å². The third-order valence-corrected chi connectivity index (χ3v) is 5.98. The average molecular weight is 456 g/mol. The van der Waals surface area contributed by atoms with Crippen molar-refractivity contribution in [3.8, 4) is 39.7 Å². The van der Waals surface area contributed by atoms with Crippen molar-refractivity contribution in [3.63, 3.8) is 0 Å². The molecular weight excluding hydrogens is 432 g/mol. The van der Waals surface area contributed by atoms with Crippen LogP contribution in [0.3, 0.4) is 0 Å². The number of para-hydroxylation sites is 2. The first-order valence-corrected chi connectivity index (χ1v) is 11.5. The minimum Gasteiger partial charge on any atom is -0.457 e. The van der Waals surface area contributed by atoms with E-state index in [-0.39, 0.29) is 0 Å². The Balaban J connectivity index is 1.46. The number of imidazole rings is 1. The summed E-state index contributed by atoms with van der Waals surface area (Å²) in [4.78, 5) is 8.88. The number of aromatic nitrogens is 4. The lowest BCUT2D eigenvalue weighted by molar-refractivity contribution is -0.645. The molecule has 3 aromatic carbocycles. The second kappa shape index (κ2) is 8.88. The number of hydrogen-bond acceptors (Lipinski definition) is 3. The van der Waals surface area contributed by atoms with Crippen LogP contribution in [0, 0.1) is 0 Å². The summed E-state index contributed by atoms with van der Waals surface area (Å²) in [6, 6.07) is 34.7. The number of benzene rings is 3. The van der Waals surface area contributed by atoms with Gasteiger partial charge in [-0.1, -0.05) is 48.5 Å². The first-order chi connectivity index (χ1) is 17.2. The SMILES string of the molecule is C[n+]1cn(-c2cc(Oc3ccnc(-c4ccccn4)c3)cc(-c3ccccc3)c2)c2ccccc21. The summed E-state index contributed by atoms with van der Waals surface area (Å²) in [6.07, 6.45) is 5.62. The van der Waals surface area contributed by atoms with Crippen molar-refractivity contribution < 1.29 is 9.30 Å². The molecule has 5 heteroatoms. The van der Waals surface area contributed by atoms with Crippen molar-refractivity contribution in [2.24, 2.45) is 7.05 Å². The Bertz CT molecular complexity index is 1630. The van der Waals surface area contributed by atoms with Crippen LogP contribution in [0.4, 0.5) is 0 Å². The normalized spacial score (nSPS) is 11.0. The van der Waals surface area contributed by atoms with Gasteiger partial charge in [-0.2, -0.15) is 4.57 Å². The fourth-order valence-corrected chi connectivity index (χ4v) is 4.31. The van der Waals surface area contributed by atoms with Gasteiger partial charge in [-0.3, -0.25) is 9.97 Å². The quantitative estimate of drug-likeness (QED) is 0.284. The predicted molar refractivity (Wildman–Crippen MR) is 137 cm³/mol. The number of nitrogens with zero attached hydrogens (tertiary/aromatic N) is 4. The van der Waals surface area contributed by atoms with Crippen LogP contribution in [0.2, 0.25) is 0 Å². The highest BCUT2D eigenvalue weighted by Gasteiger charge is 2.17. The molecule has 5 nitrogen and oxygen atoms in total. The molecule has 35 heavy (non-hydrogen) atoms. The molecule has 0 fully saturated rings. The van der Waals surface area contributed by atoms with Crippen LogP contribution in [-0.2, 0) is 7.05 Å². The third kappa shape index (κ3) is 4.15. The zero-order chi connectivity index (χ0) is 23.6. The summed E-state index contributed by atoms with van der Waals surface area (Å²) in [5.74, 6) is 1.46. The molecule has 0 saturated heterocycles. The van der Waals surface area contributed by atoms with Gasteiger partial charge in [-0.15, -0.1) is 0 Å². The van der Waals surface area contributed by atoms with E-state index in [1.807, 2.05) is 36.4 Å². The average Bonchev–Trinajstić information content (AvgIpc) is 3.26. The summed E-state index contributed by atoms with van der Waals surface area (Å²) < 4.78 is 10.7. The van der Waals surface area contributed by atoms with Gasteiger partial charge in [-0.25, -0.2) is 4.57 Å². The molecule has 0 amide bonds. The maximum atomic E-state index is 6.40. The van der Waals surface area contributed by atoms with Crippen LogP contribution in [0.1, 0.15) is 0 Å². The second-order valence-electron chi connectivity index (χ2n) is 8.36. The molecule has 0 aliphatic heterocycles. The lowest BCUT2D eigenvalue weighted by atomic mass is 10.0. The predicted octanol–water partition coefficient (Wildman–Crippen LogP) is 6.37. The fourth-order valence-electron chi connectivity index (χ4n) is 4.31. The highest BCUT2D eigenvalue weighted by Crippen LogP contribution is 2.32. The Morgan fingerprint density at radius 1 is 0.657 bits per heavy atom. The summed E-state index contributed by atoms with van der Waals surface area (Å²) in [5.41, 5.74) is 7.11. The fraction of sp³-hybridized carbons (Fsp3) is 0.0333. The maximum absolute atomic E-state index is 6.40. The Morgan fingerprint density at radius 3 is 2.31 bits per heavy atom. The highest BCUT2D eigenvalue weighted by molar-refractivity contribution is 5.76. The molecule has 0 radical (unpaired) electrons. The first-order valence-electron chi connectivity index (χ1n) is 11.5. The van der Waals surface area contributed by atoms with Crippen molar-refractivity contribution in [1.29, 1.82) is 0 Å². The van der Waals surface area contributed by atoms with Crippen molar-refractivity contribution in [3.05, 3.63) is 122 Å². The molecule has 168 valence electrons. The second-order valence-corrected chi connectivity index (χ2v) is 8.36. The van der Waals surface area contributed by atoms with E-state index in [4.69, 9.17) is 4.74 Å². The minimum absolute atomic E-state index is 0.708. The monoisotopic (exact) mass is 455 g/mol. The van der Waals surface area contributed by atoms with Crippen LogP contribution >= 0.6 is 0 Å². The topological polar surface area (TPSA) is 43.8 Å². The molecule has 0 saturated carbocycles. The molecule has 6 rings (SSSR count). The van der Waals surface area contributed by atoms with Crippen molar-refractivity contribution in [2.75, 3.05) is 0 Å². The summed E-state index contributed by atoms with van der Waals surface area (Å²) in [6.45, 7) is 0. The lowest BCUT2D eigenvalue weighted by Gasteiger charge is -2.11. The van der Waals surface area contributed by atoms with Crippen LogP contribution in [0.15, 0.2) is 122 Å². The van der Waals surface area contributed by atoms with E-state index in [0.717, 1.165) is 45.0 Å². The Morgan fingerprint density at radius 2 is 1.46 bits per heavy atom. The van der Waals surface area contributed by atoms with E-state index < -0.39 is 0 Å². The lowest BCUT2D eigenvalue weighted by Crippen LogP contribution is -2.25. The molecule has 0 atom stereocenters. The Kier molecular flexibility index (Phi) is 5.28. The van der Waals surface area contributed by atoms with Gasteiger partial charge in [0.25, 0.3) is 0 Å². The van der Waals surface area contributed by atoms with Crippen molar-refractivity contribution in [1.82, 2.24) is 14.5 Å². The molecule has 6 aromatic rings. The molecule has 3 heterocycles. The summed E-state index contributed by atoms with van der Waals surface area (Å²) >= 11 is 0. The van der Waals surface area contributed by atoms with Crippen LogP contribution < -0.4 is 9.30 Å². The van der Waals surface area contributed by atoms with Gasteiger partial charge in [0.2, 0.25) is 6.33 Å². The largest absolute Gasteiger partial charge is 0.457 e. The molecular formula is C30H23N4O+. The van der Waals surface area contributed by atoms with E-state index in [0.29, 0.717) is 5.75 Å². The zero-order valence-corrected chi connectivity index (χ0v) is 19.2. The number of fused-ring (bicyclic) bond motifs is 1. The van der Waals surface area contributed by atoms with Gasteiger partial charge in [0.15, 0.2) is 11.0 Å². The molecule has 0 bridgehead atoms. The van der Waals surface area contributed by atoms with Gasteiger partial charge in [0.1, 0.15) is 17.2 Å². The van der Waals surface area contributed by atoms with E-state index >= 15 is 0 Å². The van der Waals surface area contributed by atoms with Gasteiger partial charge in [0.05, 0.1) is 18.4 Å². The van der Waals surface area contributed by atoms with Crippen LogP contribution in [0.25, 0.3) is 39.2 Å². The number of pyridine rings is 2. The van der Waals surface area contributed by atoms with Crippen molar-refractivity contribution in [2.45, 2.75) is 0 Å². The standard InChI is InChI=1S/C30H23N4O/c1-33-21-34(30-13-6-5-12-29(30)33)24-17-23(22-9-3-2-4-10-22)18-26(19-24)35-25-14-16-32-28(20-25)27-11-7-8-15-31-27/h2-21H,1H3/q+1. The maximum Gasteiger partial charge on any atom is 0.249 e. The van der Waals surface area contributed by atoms with Gasteiger partial charge in [0, 0.05) is 24.5 Å². The number of ether oxygens (including phenoxy) is 1. The molecule has 0 N–H and O–H groups in total. The van der Waals surface area contributed by atoms with E-state index in [1.165, 1.54) is 0 Å². The first kappa shape index (κ1) is 20.8. The molecule has 0 aliphatic carbocycles. The van der Waals surface area contributed by atoms with E-state index in [2.05, 4.69) is 99.2 Å².